The van der Waals surface area contributed by atoms with Crippen molar-refractivity contribution in [1.29, 1.82) is 0 Å². The molecule has 0 saturated carbocycles. The quantitative estimate of drug-likeness (QED) is 0.799. The molecule has 2 aromatic rings. The Balaban J connectivity index is 1.41. The zero-order valence-corrected chi connectivity index (χ0v) is 15.4. The number of benzene rings is 2. The number of anilines is 1. The Morgan fingerprint density at radius 2 is 1.79 bits per heavy atom. The Kier molecular flexibility index (Phi) is 5.43. The first-order valence-corrected chi connectivity index (χ1v) is 9.33. The number of esters is 1. The molecule has 4 rings (SSSR count). The van der Waals surface area contributed by atoms with Crippen LogP contribution in [-0.2, 0) is 20.9 Å². The van der Waals surface area contributed by atoms with Crippen LogP contribution < -0.4 is 14.8 Å². The molecule has 2 aliphatic rings. The summed E-state index contributed by atoms with van der Waals surface area (Å²) in [5.74, 6) is 0.652. The molecule has 2 aliphatic heterocycles. The minimum Gasteiger partial charge on any atom is -0.486 e. The minimum absolute atomic E-state index is 0.0279. The van der Waals surface area contributed by atoms with E-state index < -0.39 is 6.04 Å². The zero-order valence-electron chi connectivity index (χ0n) is 15.4. The Morgan fingerprint density at radius 3 is 2.61 bits per heavy atom. The van der Waals surface area contributed by atoms with Crippen LogP contribution in [0.4, 0.5) is 5.69 Å². The molecule has 146 valence electrons. The first kappa shape index (κ1) is 18.3. The van der Waals surface area contributed by atoms with Gasteiger partial charge in [0, 0.05) is 24.8 Å². The van der Waals surface area contributed by atoms with Gasteiger partial charge in [0.2, 0.25) is 5.91 Å². The van der Waals surface area contributed by atoms with E-state index in [2.05, 4.69) is 5.32 Å². The second kappa shape index (κ2) is 8.31. The van der Waals surface area contributed by atoms with Gasteiger partial charge < -0.3 is 19.5 Å². The normalized spacial score (nSPS) is 19.0. The first-order chi connectivity index (χ1) is 13.7. The van der Waals surface area contributed by atoms with Crippen LogP contribution in [0.2, 0.25) is 0 Å². The molecule has 1 atom stereocenters. The average Bonchev–Trinajstić information content (AvgIpc) is 2.71. The van der Waals surface area contributed by atoms with Crippen LogP contribution in [0.25, 0.3) is 0 Å². The number of carbonyl (C=O) groups is 2. The van der Waals surface area contributed by atoms with Gasteiger partial charge in [-0.2, -0.15) is 0 Å². The molecule has 0 aliphatic carbocycles. The standard InChI is InChI=1S/C21H22N2O5/c24-20(22-16-6-7-18-19(12-16)27-11-10-26-18)13-17-21(25)28-9-8-23(17)14-15-4-2-1-3-5-15/h1-7,12,17H,8-11,13-14H2,(H,22,24)/t17-/m0/s1. The Bertz CT molecular complexity index is 855. The van der Waals surface area contributed by atoms with E-state index in [0.29, 0.717) is 50.1 Å². The number of ether oxygens (including phenoxy) is 3. The molecule has 1 saturated heterocycles. The number of fused-ring (bicyclic) bond motifs is 1. The number of amides is 1. The second-order valence-electron chi connectivity index (χ2n) is 6.75. The highest BCUT2D eigenvalue weighted by molar-refractivity contribution is 5.94. The molecular weight excluding hydrogens is 360 g/mol. The molecule has 0 unspecified atom stereocenters. The van der Waals surface area contributed by atoms with Gasteiger partial charge in [-0.3, -0.25) is 14.5 Å². The third-order valence-corrected chi connectivity index (χ3v) is 4.77. The van der Waals surface area contributed by atoms with Gasteiger partial charge in [0.15, 0.2) is 11.5 Å². The van der Waals surface area contributed by atoms with E-state index in [9.17, 15) is 9.59 Å². The molecule has 0 spiro atoms. The predicted octanol–water partition coefficient (Wildman–Crippen LogP) is 2.21. The molecule has 1 N–H and O–H groups in total. The summed E-state index contributed by atoms with van der Waals surface area (Å²) in [7, 11) is 0. The van der Waals surface area contributed by atoms with E-state index in [1.165, 1.54) is 0 Å². The smallest absolute Gasteiger partial charge is 0.323 e. The summed E-state index contributed by atoms with van der Waals surface area (Å²) < 4.78 is 16.2. The Morgan fingerprint density at radius 1 is 1.00 bits per heavy atom. The number of nitrogens with zero attached hydrogens (tertiary/aromatic N) is 1. The van der Waals surface area contributed by atoms with Crippen LogP contribution >= 0.6 is 0 Å². The van der Waals surface area contributed by atoms with Crippen molar-refractivity contribution >= 4 is 17.6 Å². The third kappa shape index (κ3) is 4.26. The lowest BCUT2D eigenvalue weighted by atomic mass is 10.1. The highest BCUT2D eigenvalue weighted by atomic mass is 16.6. The summed E-state index contributed by atoms with van der Waals surface area (Å²) in [5.41, 5.74) is 1.70. The van der Waals surface area contributed by atoms with Crippen molar-refractivity contribution in [2.45, 2.75) is 19.0 Å². The second-order valence-corrected chi connectivity index (χ2v) is 6.75. The van der Waals surface area contributed by atoms with E-state index >= 15 is 0 Å². The van der Waals surface area contributed by atoms with E-state index in [-0.39, 0.29) is 18.3 Å². The molecule has 0 bridgehead atoms. The van der Waals surface area contributed by atoms with Gasteiger partial charge in [0.05, 0.1) is 6.42 Å². The van der Waals surface area contributed by atoms with Crippen LogP contribution in [-0.4, -0.2) is 49.2 Å². The van der Waals surface area contributed by atoms with Crippen molar-refractivity contribution in [2.75, 3.05) is 31.7 Å². The van der Waals surface area contributed by atoms with Crippen LogP contribution in [0.3, 0.4) is 0 Å². The van der Waals surface area contributed by atoms with Crippen LogP contribution in [0, 0.1) is 0 Å². The topological polar surface area (TPSA) is 77.1 Å². The van der Waals surface area contributed by atoms with Gasteiger partial charge in [-0.25, -0.2) is 0 Å². The highest BCUT2D eigenvalue weighted by Crippen LogP contribution is 2.32. The number of morpholine rings is 1. The summed E-state index contributed by atoms with van der Waals surface area (Å²) in [6.45, 7) is 2.53. The molecule has 28 heavy (non-hydrogen) atoms. The summed E-state index contributed by atoms with van der Waals surface area (Å²) >= 11 is 0. The van der Waals surface area contributed by atoms with Gasteiger partial charge in [0.25, 0.3) is 0 Å². The number of nitrogens with one attached hydrogen (secondary N) is 1. The fraction of sp³-hybridized carbons (Fsp3) is 0.333. The van der Waals surface area contributed by atoms with Crippen molar-refractivity contribution in [1.82, 2.24) is 4.90 Å². The monoisotopic (exact) mass is 382 g/mol. The maximum Gasteiger partial charge on any atom is 0.323 e. The number of carbonyl (C=O) groups excluding carboxylic acids is 2. The summed E-state index contributed by atoms with van der Waals surface area (Å²) in [5, 5.41) is 2.84. The van der Waals surface area contributed by atoms with Gasteiger partial charge in [-0.15, -0.1) is 0 Å². The van der Waals surface area contributed by atoms with Gasteiger partial charge in [0.1, 0.15) is 25.9 Å². The first-order valence-electron chi connectivity index (χ1n) is 9.33. The van der Waals surface area contributed by atoms with Crippen molar-refractivity contribution in [3.63, 3.8) is 0 Å². The summed E-state index contributed by atoms with van der Waals surface area (Å²) in [6.07, 6.45) is 0.0279. The molecular formula is C21H22N2O5. The van der Waals surface area contributed by atoms with E-state index in [4.69, 9.17) is 14.2 Å². The predicted molar refractivity (Wildman–Crippen MR) is 102 cm³/mol. The van der Waals surface area contributed by atoms with E-state index in [0.717, 1.165) is 5.56 Å². The lowest BCUT2D eigenvalue weighted by molar-refractivity contribution is -0.159. The van der Waals surface area contributed by atoms with Gasteiger partial charge in [-0.1, -0.05) is 30.3 Å². The Labute approximate surface area is 163 Å². The lowest BCUT2D eigenvalue weighted by Crippen LogP contribution is -2.49. The lowest BCUT2D eigenvalue weighted by Gasteiger charge is -2.33. The average molecular weight is 382 g/mol. The molecule has 7 heteroatoms. The third-order valence-electron chi connectivity index (χ3n) is 4.77. The zero-order chi connectivity index (χ0) is 19.3. The fourth-order valence-corrected chi connectivity index (χ4v) is 3.39. The molecule has 1 fully saturated rings. The van der Waals surface area contributed by atoms with Crippen molar-refractivity contribution < 1.29 is 23.8 Å². The van der Waals surface area contributed by atoms with Crippen molar-refractivity contribution in [2.24, 2.45) is 0 Å². The fourth-order valence-electron chi connectivity index (χ4n) is 3.39. The Hall–Kier alpha value is -3.06. The van der Waals surface area contributed by atoms with Crippen LogP contribution in [0.5, 0.6) is 11.5 Å². The van der Waals surface area contributed by atoms with E-state index in [1.54, 1.807) is 18.2 Å². The molecule has 2 heterocycles. The number of cyclic esters (lactones) is 1. The maximum atomic E-state index is 12.6. The number of hydrogen-bond acceptors (Lipinski definition) is 6. The SMILES string of the molecule is O=C(C[C@H]1C(=O)OCCN1Cc1ccccc1)Nc1ccc2c(c1)OCCO2. The summed E-state index contributed by atoms with van der Waals surface area (Å²) in [6, 6.07) is 14.5. The molecule has 0 radical (unpaired) electrons. The summed E-state index contributed by atoms with van der Waals surface area (Å²) in [4.78, 5) is 26.9. The molecule has 2 aromatic carbocycles. The van der Waals surface area contributed by atoms with Crippen LogP contribution in [0.15, 0.2) is 48.5 Å². The largest absolute Gasteiger partial charge is 0.486 e. The van der Waals surface area contributed by atoms with Gasteiger partial charge >= 0.3 is 5.97 Å². The molecule has 7 nitrogen and oxygen atoms in total. The maximum absolute atomic E-state index is 12.6. The number of hydrogen-bond donors (Lipinski definition) is 1. The van der Waals surface area contributed by atoms with Crippen molar-refractivity contribution in [3.8, 4) is 11.5 Å². The van der Waals surface area contributed by atoms with Gasteiger partial charge in [-0.05, 0) is 17.7 Å². The molecule has 0 aromatic heterocycles. The van der Waals surface area contributed by atoms with Crippen molar-refractivity contribution in [3.05, 3.63) is 54.1 Å². The van der Waals surface area contributed by atoms with E-state index in [1.807, 2.05) is 35.2 Å². The minimum atomic E-state index is -0.605. The number of rotatable bonds is 5. The highest BCUT2D eigenvalue weighted by Gasteiger charge is 2.33. The van der Waals surface area contributed by atoms with Crippen LogP contribution in [0.1, 0.15) is 12.0 Å². The molecule has 1 amide bonds.